The number of rotatable bonds is 7. The highest BCUT2D eigenvalue weighted by molar-refractivity contribution is 7.89. The molecule has 2 aromatic rings. The minimum absolute atomic E-state index is 0.0335. The van der Waals surface area contributed by atoms with Gasteiger partial charge in [-0.1, -0.05) is 12.1 Å². The fourth-order valence-corrected chi connectivity index (χ4v) is 4.61. The van der Waals surface area contributed by atoms with Gasteiger partial charge in [-0.15, -0.1) is 0 Å². The molecule has 3 rings (SSSR count). The molecule has 2 heterocycles. The van der Waals surface area contributed by atoms with Crippen LogP contribution in [0.25, 0.3) is 0 Å². The molecule has 0 radical (unpaired) electrons. The van der Waals surface area contributed by atoms with Crippen LogP contribution in [0.4, 0.5) is 10.5 Å². The Labute approximate surface area is 206 Å². The Morgan fingerprint density at radius 3 is 2.49 bits per heavy atom. The smallest absolute Gasteiger partial charge is 0.410 e. The molecule has 0 saturated carbocycles. The zero-order valence-corrected chi connectivity index (χ0v) is 21.3. The Morgan fingerprint density at radius 2 is 1.89 bits per heavy atom. The number of hydrogen-bond donors (Lipinski definition) is 3. The van der Waals surface area contributed by atoms with Crippen molar-refractivity contribution >= 4 is 27.7 Å². The highest BCUT2D eigenvalue weighted by Gasteiger charge is 2.27. The molecule has 0 aliphatic carbocycles. The third kappa shape index (κ3) is 7.15. The summed E-state index contributed by atoms with van der Waals surface area (Å²) in [5.74, 6) is -0.597. The minimum Gasteiger partial charge on any atom is -0.444 e. The summed E-state index contributed by atoms with van der Waals surface area (Å²) in [5.41, 5.74) is 7.27. The van der Waals surface area contributed by atoms with Crippen molar-refractivity contribution < 1.29 is 22.7 Å². The number of piperidine rings is 1. The van der Waals surface area contributed by atoms with Gasteiger partial charge in [-0.3, -0.25) is 9.78 Å². The van der Waals surface area contributed by atoms with Gasteiger partial charge in [0, 0.05) is 37.4 Å². The number of pyridine rings is 1. The van der Waals surface area contributed by atoms with E-state index in [0.717, 1.165) is 5.56 Å². The highest BCUT2D eigenvalue weighted by atomic mass is 32.2. The molecule has 4 N–H and O–H groups in total. The molecular formula is C24H33N5O5S. The van der Waals surface area contributed by atoms with Crippen LogP contribution in [-0.4, -0.2) is 62.1 Å². The van der Waals surface area contributed by atoms with Crippen molar-refractivity contribution in [2.45, 2.75) is 56.6 Å². The summed E-state index contributed by atoms with van der Waals surface area (Å²) in [7, 11) is -2.20. The van der Waals surface area contributed by atoms with Crippen LogP contribution >= 0.6 is 0 Å². The molecule has 0 spiro atoms. The van der Waals surface area contributed by atoms with Gasteiger partial charge in [0.15, 0.2) is 0 Å². The van der Waals surface area contributed by atoms with Gasteiger partial charge in [0.1, 0.15) is 5.60 Å². The summed E-state index contributed by atoms with van der Waals surface area (Å²) in [4.78, 5) is 30.5. The molecule has 190 valence electrons. The zero-order chi connectivity index (χ0) is 25.8. The lowest BCUT2D eigenvalue weighted by molar-refractivity contribution is 0.0210. The predicted octanol–water partition coefficient (Wildman–Crippen LogP) is 2.49. The number of anilines is 1. The molecule has 1 aromatic carbocycles. The van der Waals surface area contributed by atoms with Crippen LogP contribution in [0.2, 0.25) is 0 Å². The summed E-state index contributed by atoms with van der Waals surface area (Å²) in [6.45, 7) is 6.57. The number of carbonyl (C=O) groups is 2. The third-order valence-electron chi connectivity index (χ3n) is 5.60. The van der Waals surface area contributed by atoms with Gasteiger partial charge in [0.25, 0.3) is 5.91 Å². The Morgan fingerprint density at radius 1 is 1.20 bits per heavy atom. The summed E-state index contributed by atoms with van der Waals surface area (Å²) in [5, 5.41) is 3.38. The highest BCUT2D eigenvalue weighted by Crippen LogP contribution is 2.23. The van der Waals surface area contributed by atoms with Crippen molar-refractivity contribution in [1.29, 1.82) is 0 Å². The number of nitrogens with one attached hydrogen (secondary N) is 2. The van der Waals surface area contributed by atoms with E-state index in [4.69, 9.17) is 10.5 Å². The molecule has 1 aliphatic heterocycles. The Hall–Kier alpha value is -3.18. The number of nitrogens with zero attached hydrogens (tertiary/aromatic N) is 2. The van der Waals surface area contributed by atoms with Crippen molar-refractivity contribution in [3.05, 3.63) is 53.3 Å². The lowest BCUT2D eigenvalue weighted by atomic mass is 10.0. The third-order valence-corrected chi connectivity index (χ3v) is 7.01. The second-order valence-electron chi connectivity index (χ2n) is 9.50. The van der Waals surface area contributed by atoms with E-state index < -0.39 is 21.5 Å². The summed E-state index contributed by atoms with van der Waals surface area (Å²) in [6.07, 6.45) is 2.84. The van der Waals surface area contributed by atoms with Crippen molar-refractivity contribution in [3.8, 4) is 0 Å². The van der Waals surface area contributed by atoms with Crippen molar-refractivity contribution in [2.24, 2.45) is 5.73 Å². The molecule has 0 unspecified atom stereocenters. The van der Waals surface area contributed by atoms with Gasteiger partial charge in [0.2, 0.25) is 10.0 Å². The number of sulfonamides is 1. The van der Waals surface area contributed by atoms with Crippen molar-refractivity contribution in [2.75, 3.05) is 25.5 Å². The number of benzene rings is 1. The first-order valence-electron chi connectivity index (χ1n) is 11.4. The number of nitrogens with two attached hydrogens (primary N) is 1. The van der Waals surface area contributed by atoms with Crippen LogP contribution < -0.4 is 15.8 Å². The van der Waals surface area contributed by atoms with E-state index >= 15 is 0 Å². The van der Waals surface area contributed by atoms with E-state index in [1.165, 1.54) is 19.3 Å². The molecule has 2 amide bonds. The van der Waals surface area contributed by atoms with Crippen LogP contribution in [0.5, 0.6) is 0 Å². The number of primary amides is 1. The van der Waals surface area contributed by atoms with E-state index in [2.05, 4.69) is 15.0 Å². The lowest BCUT2D eigenvalue weighted by Crippen LogP contribution is -2.44. The number of amides is 2. The maximum Gasteiger partial charge on any atom is 0.410 e. The molecule has 0 bridgehead atoms. The number of ether oxygens (including phenoxy) is 1. The van der Waals surface area contributed by atoms with E-state index in [0.29, 0.717) is 43.7 Å². The predicted molar refractivity (Wildman–Crippen MR) is 133 cm³/mol. The largest absolute Gasteiger partial charge is 0.444 e. The van der Waals surface area contributed by atoms with E-state index in [1.807, 2.05) is 26.8 Å². The second kappa shape index (κ2) is 10.6. The molecular weight excluding hydrogens is 470 g/mol. The minimum atomic E-state index is -3.56. The fourth-order valence-electron chi connectivity index (χ4n) is 3.81. The van der Waals surface area contributed by atoms with Gasteiger partial charge in [-0.2, -0.15) is 0 Å². The molecule has 1 fully saturated rings. The molecule has 35 heavy (non-hydrogen) atoms. The monoisotopic (exact) mass is 503 g/mol. The van der Waals surface area contributed by atoms with E-state index in [9.17, 15) is 18.0 Å². The molecule has 1 saturated heterocycles. The summed E-state index contributed by atoms with van der Waals surface area (Å²) < 4.78 is 32.0. The lowest BCUT2D eigenvalue weighted by Gasteiger charge is -2.34. The number of likely N-dealkylation sites (tertiary alicyclic amines) is 1. The van der Waals surface area contributed by atoms with Crippen molar-refractivity contribution in [1.82, 2.24) is 14.6 Å². The Kier molecular flexibility index (Phi) is 8.01. The zero-order valence-electron chi connectivity index (χ0n) is 20.5. The molecule has 1 aliphatic rings. The summed E-state index contributed by atoms with van der Waals surface area (Å²) >= 11 is 0. The first kappa shape index (κ1) is 26.4. The normalized spacial score (nSPS) is 15.0. The van der Waals surface area contributed by atoms with Gasteiger partial charge in [-0.05, 0) is 64.4 Å². The van der Waals surface area contributed by atoms with Crippen LogP contribution in [0, 0.1) is 0 Å². The maximum atomic E-state index is 12.3. The molecule has 1 aromatic heterocycles. The van der Waals surface area contributed by atoms with Crippen molar-refractivity contribution in [3.63, 3.8) is 0 Å². The van der Waals surface area contributed by atoms with Crippen LogP contribution in [0.3, 0.4) is 0 Å². The summed E-state index contributed by atoms with van der Waals surface area (Å²) in [6, 6.07) is 8.41. The first-order chi connectivity index (χ1) is 16.4. The number of carbonyl (C=O) groups excluding carboxylic acids is 2. The van der Waals surface area contributed by atoms with Gasteiger partial charge in [0.05, 0.1) is 16.1 Å². The Bertz CT molecular complexity index is 1190. The average Bonchev–Trinajstić information content (AvgIpc) is 2.78. The van der Waals surface area contributed by atoms with Gasteiger partial charge in [-0.25, -0.2) is 17.9 Å². The molecule has 10 nitrogen and oxygen atoms in total. The quantitative estimate of drug-likeness (QED) is 0.526. The molecule has 11 heteroatoms. The fraction of sp³-hybridized carbons (Fsp3) is 0.458. The molecule has 0 atom stereocenters. The van der Waals surface area contributed by atoms with Gasteiger partial charge >= 0.3 is 6.09 Å². The SMILES string of the molecule is CNS(=O)(=O)c1cccc(Cc2cc(NC3CCN(C(=O)OC(C)(C)C)CC3)c(C(N)=O)cn2)c1. The topological polar surface area (TPSA) is 144 Å². The van der Waals surface area contributed by atoms with Crippen LogP contribution in [0.1, 0.15) is 55.2 Å². The van der Waals surface area contributed by atoms with Crippen LogP contribution in [0.15, 0.2) is 41.4 Å². The van der Waals surface area contributed by atoms with E-state index in [1.54, 1.807) is 23.1 Å². The number of hydrogen-bond acceptors (Lipinski definition) is 7. The van der Waals surface area contributed by atoms with E-state index in [-0.39, 0.29) is 22.6 Å². The average molecular weight is 504 g/mol. The standard InChI is InChI=1S/C24H33N5O5S/c1-24(2,3)34-23(31)29-10-8-17(9-11-29)28-21-14-18(27-15-20(21)22(25)30)12-16-6-5-7-19(13-16)35(32,33)26-4/h5-7,13-15,17,26H,8-12H2,1-4H3,(H2,25,30)(H,27,28). The Balaban J connectivity index is 1.72. The number of aromatic nitrogens is 1. The second-order valence-corrected chi connectivity index (χ2v) is 11.4. The first-order valence-corrected chi connectivity index (χ1v) is 12.9. The van der Waals surface area contributed by atoms with Crippen LogP contribution in [-0.2, 0) is 21.2 Å². The maximum absolute atomic E-state index is 12.3. The van der Waals surface area contributed by atoms with Gasteiger partial charge < -0.3 is 20.7 Å².